The van der Waals surface area contributed by atoms with Crippen LogP contribution in [0.5, 0.6) is 0 Å². The molecule has 0 saturated carbocycles. The molecule has 0 saturated heterocycles. The molecule has 110 valence electrons. The molecule has 0 fully saturated rings. The summed E-state index contributed by atoms with van der Waals surface area (Å²) in [5.74, 6) is 0. The lowest BCUT2D eigenvalue weighted by Gasteiger charge is -2.36. The van der Waals surface area contributed by atoms with Crippen LogP contribution in [-0.2, 0) is 16.7 Å². The summed E-state index contributed by atoms with van der Waals surface area (Å²) in [6.45, 7) is 0.780. The average molecular weight is 341 g/mol. The first-order valence-corrected chi connectivity index (χ1v) is 8.63. The van der Waals surface area contributed by atoms with Gasteiger partial charge >= 0.3 is 0 Å². The van der Waals surface area contributed by atoms with Crippen molar-refractivity contribution >= 4 is 33.3 Å². The third kappa shape index (κ3) is 3.23. The van der Waals surface area contributed by atoms with Gasteiger partial charge < -0.3 is 9.30 Å². The molecular formula is C15H14Cl2N2OS. The summed E-state index contributed by atoms with van der Waals surface area (Å²) in [4.78, 5) is 4.12. The van der Waals surface area contributed by atoms with Crippen LogP contribution in [0.3, 0.4) is 0 Å². The fourth-order valence-corrected chi connectivity index (χ4v) is 3.54. The first kappa shape index (κ1) is 14.8. The van der Waals surface area contributed by atoms with Gasteiger partial charge in [0.2, 0.25) is 0 Å². The highest BCUT2D eigenvalue weighted by Gasteiger charge is 2.36. The molecule has 2 heterocycles. The molecule has 1 aromatic carbocycles. The molecule has 2 atom stereocenters. The Morgan fingerprint density at radius 3 is 2.86 bits per heavy atom. The van der Waals surface area contributed by atoms with Crippen LogP contribution in [0.25, 0.3) is 0 Å². The summed E-state index contributed by atoms with van der Waals surface area (Å²) in [6, 6.07) is 7.95. The van der Waals surface area contributed by atoms with E-state index < -0.39 is 0 Å². The smallest absolute Gasteiger partial charge is 0.159 e. The normalized spacial score (nSPS) is 24.8. The van der Waals surface area contributed by atoms with E-state index >= 15 is 0 Å². The Kier molecular flexibility index (Phi) is 4.48. The Morgan fingerprint density at radius 1 is 1.38 bits per heavy atom. The number of ether oxygens (including phenoxy) is 1. The van der Waals surface area contributed by atoms with Gasteiger partial charge in [-0.2, -0.15) is 0 Å². The summed E-state index contributed by atoms with van der Waals surface area (Å²) in [5.41, 5.74) is 0.933. The number of nitrogens with zero attached hydrogens (tertiary/aromatic N) is 2. The van der Waals surface area contributed by atoms with Crippen LogP contribution in [0.1, 0.15) is 12.0 Å². The highest BCUT2D eigenvalue weighted by molar-refractivity contribution is 8.21. The zero-order valence-corrected chi connectivity index (χ0v) is 13.5. The molecule has 21 heavy (non-hydrogen) atoms. The molecule has 1 aliphatic rings. The van der Waals surface area contributed by atoms with Crippen molar-refractivity contribution in [2.45, 2.75) is 23.8 Å². The molecule has 6 heteroatoms. The van der Waals surface area contributed by atoms with Crippen LogP contribution >= 0.6 is 33.3 Å². The molecule has 0 radical (unpaired) electrons. The number of halogens is 2. The molecular weight excluding hydrogens is 327 g/mol. The maximum atomic E-state index is 6.01. The Balaban J connectivity index is 1.99. The number of rotatable bonds is 4. The Hall–Kier alpha value is -1.10. The topological polar surface area (TPSA) is 27.1 Å². The molecule has 0 N–H and O–H groups in total. The van der Waals surface area contributed by atoms with E-state index in [1.165, 1.54) is 16.5 Å². The third-order valence-electron chi connectivity index (χ3n) is 3.69. The minimum absolute atomic E-state index is 0.0733. The molecule has 2 aromatic rings. The number of hydrogen-bond acceptors (Lipinski definition) is 3. The van der Waals surface area contributed by atoms with E-state index in [1.807, 2.05) is 24.7 Å². The van der Waals surface area contributed by atoms with E-state index in [0.29, 0.717) is 0 Å². The zero-order valence-electron chi connectivity index (χ0n) is 11.2. The van der Waals surface area contributed by atoms with E-state index in [4.69, 9.17) is 27.0 Å². The second-order valence-corrected chi connectivity index (χ2v) is 6.73. The van der Waals surface area contributed by atoms with E-state index in [9.17, 15) is 0 Å². The van der Waals surface area contributed by atoms with Gasteiger partial charge in [0.1, 0.15) is 0 Å². The lowest BCUT2D eigenvalue weighted by molar-refractivity contribution is 0.159. The summed E-state index contributed by atoms with van der Waals surface area (Å²) in [6.07, 6.45) is 10.2. The van der Waals surface area contributed by atoms with Gasteiger partial charge in [-0.1, -0.05) is 23.7 Å². The highest BCUT2D eigenvalue weighted by Crippen LogP contribution is 2.40. The monoisotopic (exact) mass is 340 g/mol. The van der Waals surface area contributed by atoms with E-state index in [0.717, 1.165) is 18.0 Å². The van der Waals surface area contributed by atoms with Crippen LogP contribution in [0.4, 0.5) is 0 Å². The maximum absolute atomic E-state index is 6.01. The van der Waals surface area contributed by atoms with Crippen molar-refractivity contribution in [3.05, 3.63) is 65.9 Å². The maximum Gasteiger partial charge on any atom is 0.159 e. The van der Waals surface area contributed by atoms with E-state index in [-0.39, 0.29) is 10.9 Å². The van der Waals surface area contributed by atoms with Gasteiger partial charge in [0.15, 0.2) is 5.44 Å². The minimum Gasteiger partial charge on any atom is -0.486 e. The summed E-state index contributed by atoms with van der Waals surface area (Å²) >= 11 is 6.01. The molecule has 0 aliphatic carbocycles. The van der Waals surface area contributed by atoms with E-state index in [1.54, 1.807) is 12.5 Å². The largest absolute Gasteiger partial charge is 0.486 e. The van der Waals surface area contributed by atoms with Crippen LogP contribution in [0, 0.1) is 0 Å². The first-order valence-electron chi connectivity index (χ1n) is 6.54. The Morgan fingerprint density at radius 2 is 2.19 bits per heavy atom. The van der Waals surface area contributed by atoms with Crippen molar-refractivity contribution < 1.29 is 4.74 Å². The predicted molar refractivity (Wildman–Crippen MR) is 87.4 cm³/mol. The van der Waals surface area contributed by atoms with Crippen LogP contribution in [-0.4, -0.2) is 15.0 Å². The summed E-state index contributed by atoms with van der Waals surface area (Å²) < 4.78 is 7.62. The number of aromatic nitrogens is 2. The average Bonchev–Trinajstić information content (AvgIpc) is 3.00. The van der Waals surface area contributed by atoms with Gasteiger partial charge in [-0.05, 0) is 45.4 Å². The molecule has 0 bridgehead atoms. The summed E-state index contributed by atoms with van der Waals surface area (Å²) in [7, 11) is 7.13. The SMILES string of the molecule is ClSC1CC(Cn2ccnc2)(c2ccc(Cl)cc2)C=CO1. The van der Waals surface area contributed by atoms with Gasteiger partial charge in [0.05, 0.1) is 12.6 Å². The predicted octanol–water partition coefficient (Wildman–Crippen LogP) is 4.62. The second-order valence-electron chi connectivity index (χ2n) is 5.06. The van der Waals surface area contributed by atoms with Crippen LogP contribution < -0.4 is 0 Å². The molecule has 0 amide bonds. The quantitative estimate of drug-likeness (QED) is 0.812. The molecule has 1 aliphatic heterocycles. The van der Waals surface area contributed by atoms with Gasteiger partial charge in [0, 0.05) is 35.8 Å². The van der Waals surface area contributed by atoms with E-state index in [2.05, 4.69) is 27.8 Å². The lowest BCUT2D eigenvalue weighted by atomic mass is 9.76. The van der Waals surface area contributed by atoms with Gasteiger partial charge in [-0.3, -0.25) is 0 Å². The Bertz CT molecular complexity index is 615. The van der Waals surface area contributed by atoms with Crippen molar-refractivity contribution in [2.75, 3.05) is 0 Å². The fraction of sp³-hybridized carbons (Fsp3) is 0.267. The number of imidazole rings is 1. The minimum atomic E-state index is -0.184. The fourth-order valence-electron chi connectivity index (χ4n) is 2.63. The zero-order chi connectivity index (χ0) is 14.7. The molecule has 0 spiro atoms. The van der Waals surface area contributed by atoms with Crippen molar-refractivity contribution in [3.63, 3.8) is 0 Å². The van der Waals surface area contributed by atoms with Crippen molar-refractivity contribution in [2.24, 2.45) is 0 Å². The van der Waals surface area contributed by atoms with Gasteiger partial charge in [0.25, 0.3) is 0 Å². The van der Waals surface area contributed by atoms with Crippen LogP contribution in [0.15, 0.2) is 55.3 Å². The first-order chi connectivity index (χ1) is 10.2. The Labute approximate surface area is 137 Å². The molecule has 3 rings (SSSR count). The molecule has 3 nitrogen and oxygen atoms in total. The summed E-state index contributed by atoms with van der Waals surface area (Å²) in [5, 5.41) is 0.732. The molecule has 2 unspecified atom stereocenters. The number of allylic oxidation sites excluding steroid dienone is 1. The van der Waals surface area contributed by atoms with Gasteiger partial charge in [-0.25, -0.2) is 4.98 Å². The lowest BCUT2D eigenvalue weighted by Crippen LogP contribution is -2.35. The van der Waals surface area contributed by atoms with Crippen molar-refractivity contribution in [1.82, 2.24) is 9.55 Å². The second kappa shape index (κ2) is 6.34. The van der Waals surface area contributed by atoms with Crippen LogP contribution in [0.2, 0.25) is 5.02 Å². The number of hydrogen-bond donors (Lipinski definition) is 0. The molecule has 1 aromatic heterocycles. The van der Waals surface area contributed by atoms with Crippen molar-refractivity contribution in [1.29, 1.82) is 0 Å². The third-order valence-corrected chi connectivity index (χ3v) is 5.02. The number of benzene rings is 1. The van der Waals surface area contributed by atoms with Gasteiger partial charge in [-0.15, -0.1) is 0 Å². The standard InChI is InChI=1S/C15H14Cl2N2OS/c16-13-3-1-12(2-4-13)15(10-19-7-6-18-11-19)5-8-20-14(9-15)21-17/h1-8,11,14H,9-10H2. The van der Waals surface area contributed by atoms with Crippen molar-refractivity contribution in [3.8, 4) is 0 Å². The highest BCUT2D eigenvalue weighted by atomic mass is 35.7.